The highest BCUT2D eigenvalue weighted by Gasteiger charge is 2.18. The van der Waals surface area contributed by atoms with Crippen molar-refractivity contribution in [2.45, 2.75) is 25.4 Å². The second-order valence-electron chi connectivity index (χ2n) is 6.16. The summed E-state index contributed by atoms with van der Waals surface area (Å²) in [5.74, 6) is 0.611. The number of hydrogen-bond donors (Lipinski definition) is 2. The summed E-state index contributed by atoms with van der Waals surface area (Å²) in [4.78, 5) is 9.20. The van der Waals surface area contributed by atoms with Crippen molar-refractivity contribution >= 4 is 41.9 Å². The van der Waals surface area contributed by atoms with E-state index in [0.717, 1.165) is 48.6 Å². The lowest BCUT2D eigenvalue weighted by molar-refractivity contribution is 0.476. The second-order valence-corrected chi connectivity index (χ2v) is 6.16. The molecular weight excluding hydrogens is 376 g/mol. The molecule has 0 radical (unpaired) electrons. The van der Waals surface area contributed by atoms with E-state index in [-0.39, 0.29) is 30.6 Å². The predicted octanol–water partition coefficient (Wildman–Crippen LogP) is 3.63. The van der Waals surface area contributed by atoms with Crippen molar-refractivity contribution in [2.24, 2.45) is 0 Å². The van der Waals surface area contributed by atoms with Gasteiger partial charge < -0.3 is 10.6 Å². The van der Waals surface area contributed by atoms with Crippen molar-refractivity contribution in [3.8, 4) is 0 Å². The summed E-state index contributed by atoms with van der Waals surface area (Å²) in [7, 11) is 0. The fourth-order valence-electron chi connectivity index (χ4n) is 3.14. The van der Waals surface area contributed by atoms with Gasteiger partial charge in [0.15, 0.2) is 5.65 Å². The Hall–Kier alpha value is -1.89. The van der Waals surface area contributed by atoms with Gasteiger partial charge in [0.05, 0.1) is 6.54 Å². The molecule has 2 aromatic heterocycles. The van der Waals surface area contributed by atoms with E-state index in [0.29, 0.717) is 12.6 Å². The van der Waals surface area contributed by atoms with E-state index in [1.807, 2.05) is 12.1 Å². The Bertz CT molecular complexity index is 831. The molecule has 0 saturated carbocycles. The zero-order valence-corrected chi connectivity index (χ0v) is 15.8. The number of aromatic nitrogens is 3. The molecule has 1 aromatic carbocycles. The quantitative estimate of drug-likeness (QED) is 0.705. The normalized spacial score (nSPS) is 14.5. The third-order valence-electron chi connectivity index (χ3n) is 4.43. The maximum atomic E-state index is 13.2. The highest BCUT2D eigenvalue weighted by molar-refractivity contribution is 5.85. The van der Waals surface area contributed by atoms with Crippen molar-refractivity contribution in [3.63, 3.8) is 0 Å². The van der Waals surface area contributed by atoms with Crippen molar-refractivity contribution in [2.75, 3.05) is 18.4 Å². The van der Waals surface area contributed by atoms with Gasteiger partial charge in [-0.1, -0.05) is 12.1 Å². The summed E-state index contributed by atoms with van der Waals surface area (Å²) in [5.41, 5.74) is 2.74. The average Bonchev–Trinajstić information content (AvgIpc) is 2.95. The minimum atomic E-state index is -0.222. The fourth-order valence-corrected chi connectivity index (χ4v) is 3.14. The molecule has 1 aliphatic heterocycles. The van der Waals surface area contributed by atoms with Gasteiger partial charge in [-0.15, -0.1) is 24.8 Å². The molecule has 0 unspecified atom stereocenters. The molecule has 0 aliphatic carbocycles. The van der Waals surface area contributed by atoms with Crippen LogP contribution in [0.3, 0.4) is 0 Å². The molecule has 4 rings (SSSR count). The van der Waals surface area contributed by atoms with Crippen LogP contribution in [0, 0.1) is 5.82 Å². The Morgan fingerprint density at radius 2 is 1.85 bits per heavy atom. The zero-order chi connectivity index (χ0) is 16.4. The lowest BCUT2D eigenvalue weighted by Crippen LogP contribution is -2.36. The molecule has 1 aliphatic rings. The lowest BCUT2D eigenvalue weighted by Gasteiger charge is -2.24. The standard InChI is InChI=1S/C18H20FN5.2ClH/c19-14-5-3-13(4-6-14)12-24-17-16(2-1-9-21-17)23-18(24)22-15-7-10-20-11-8-15;;/h1-6,9,15,20H,7-8,10-12H2,(H,22,23);2*1H. The van der Waals surface area contributed by atoms with Crippen LogP contribution < -0.4 is 10.6 Å². The number of nitrogens with one attached hydrogen (secondary N) is 2. The zero-order valence-electron chi connectivity index (χ0n) is 14.2. The maximum absolute atomic E-state index is 13.2. The molecule has 140 valence electrons. The van der Waals surface area contributed by atoms with Gasteiger partial charge in [-0.05, 0) is 55.8 Å². The van der Waals surface area contributed by atoms with Crippen molar-refractivity contribution < 1.29 is 4.39 Å². The lowest BCUT2D eigenvalue weighted by atomic mass is 10.1. The third-order valence-corrected chi connectivity index (χ3v) is 4.43. The Morgan fingerprint density at radius 3 is 2.58 bits per heavy atom. The van der Waals surface area contributed by atoms with Gasteiger partial charge in [-0.2, -0.15) is 0 Å². The molecule has 0 bridgehead atoms. The fraction of sp³-hybridized carbons (Fsp3) is 0.333. The number of imidazole rings is 1. The summed E-state index contributed by atoms with van der Waals surface area (Å²) in [5, 5.41) is 6.94. The van der Waals surface area contributed by atoms with Gasteiger partial charge in [-0.25, -0.2) is 14.4 Å². The predicted molar refractivity (Wildman–Crippen MR) is 107 cm³/mol. The number of nitrogens with zero attached hydrogens (tertiary/aromatic N) is 3. The van der Waals surface area contributed by atoms with Crippen molar-refractivity contribution in [1.29, 1.82) is 0 Å². The van der Waals surface area contributed by atoms with Crippen molar-refractivity contribution in [3.05, 3.63) is 54.0 Å². The molecule has 2 N–H and O–H groups in total. The van der Waals surface area contributed by atoms with E-state index in [1.54, 1.807) is 18.3 Å². The average molecular weight is 398 g/mol. The van der Waals surface area contributed by atoms with Crippen LogP contribution in [0.2, 0.25) is 0 Å². The molecule has 26 heavy (non-hydrogen) atoms. The number of rotatable bonds is 4. The van der Waals surface area contributed by atoms with Crippen LogP contribution >= 0.6 is 24.8 Å². The van der Waals surface area contributed by atoms with Gasteiger partial charge in [0.1, 0.15) is 11.3 Å². The SMILES string of the molecule is Cl.Cl.Fc1ccc(Cn2c(NC3CCNCC3)nc3cccnc32)cc1. The van der Waals surface area contributed by atoms with Crippen LogP contribution in [0.15, 0.2) is 42.6 Å². The second kappa shape index (κ2) is 9.16. The van der Waals surface area contributed by atoms with Crippen LogP contribution in [0.1, 0.15) is 18.4 Å². The molecular formula is C18H22Cl2FN5. The Balaban J connectivity index is 0.00000121. The van der Waals surface area contributed by atoms with Gasteiger partial charge in [0.2, 0.25) is 5.95 Å². The van der Waals surface area contributed by atoms with Crippen LogP contribution in [-0.2, 0) is 6.54 Å². The first-order chi connectivity index (χ1) is 11.8. The molecule has 3 heterocycles. The monoisotopic (exact) mass is 397 g/mol. The Labute approximate surface area is 164 Å². The van der Waals surface area contributed by atoms with Gasteiger partial charge in [-0.3, -0.25) is 4.57 Å². The molecule has 5 nitrogen and oxygen atoms in total. The number of piperidine rings is 1. The molecule has 1 saturated heterocycles. The van der Waals surface area contributed by atoms with E-state index < -0.39 is 0 Å². The van der Waals surface area contributed by atoms with E-state index in [2.05, 4.69) is 20.2 Å². The number of pyridine rings is 1. The van der Waals surface area contributed by atoms with Gasteiger partial charge in [0.25, 0.3) is 0 Å². The molecule has 8 heteroatoms. The topological polar surface area (TPSA) is 54.8 Å². The van der Waals surface area contributed by atoms with Crippen LogP contribution in [-0.4, -0.2) is 33.7 Å². The Kier molecular flexibility index (Phi) is 7.20. The minimum absolute atomic E-state index is 0. The summed E-state index contributed by atoms with van der Waals surface area (Å²) in [6.45, 7) is 2.66. The number of anilines is 1. The molecule has 0 amide bonds. The number of halogens is 3. The third kappa shape index (κ3) is 4.44. The van der Waals surface area contributed by atoms with Gasteiger partial charge >= 0.3 is 0 Å². The van der Waals surface area contributed by atoms with Gasteiger partial charge in [0, 0.05) is 12.2 Å². The number of benzene rings is 1. The summed E-state index contributed by atoms with van der Waals surface area (Å²) in [6, 6.07) is 10.9. The van der Waals surface area contributed by atoms with Crippen molar-refractivity contribution in [1.82, 2.24) is 19.9 Å². The highest BCUT2D eigenvalue weighted by Crippen LogP contribution is 2.21. The van der Waals surface area contributed by atoms with E-state index >= 15 is 0 Å². The summed E-state index contributed by atoms with van der Waals surface area (Å²) in [6.07, 6.45) is 3.93. The van der Waals surface area contributed by atoms with Crippen LogP contribution in [0.25, 0.3) is 11.2 Å². The van der Waals surface area contributed by atoms with E-state index in [9.17, 15) is 4.39 Å². The minimum Gasteiger partial charge on any atom is -0.353 e. The highest BCUT2D eigenvalue weighted by atomic mass is 35.5. The first-order valence-corrected chi connectivity index (χ1v) is 8.32. The number of hydrogen-bond acceptors (Lipinski definition) is 4. The number of fused-ring (bicyclic) bond motifs is 1. The molecule has 3 aromatic rings. The first kappa shape index (κ1) is 20.4. The largest absolute Gasteiger partial charge is 0.353 e. The summed E-state index contributed by atoms with van der Waals surface area (Å²) < 4.78 is 15.2. The van der Waals surface area contributed by atoms with E-state index in [1.165, 1.54) is 12.1 Å². The Morgan fingerprint density at radius 1 is 1.12 bits per heavy atom. The first-order valence-electron chi connectivity index (χ1n) is 8.32. The van der Waals surface area contributed by atoms with Crippen LogP contribution in [0.4, 0.5) is 10.3 Å². The smallest absolute Gasteiger partial charge is 0.205 e. The maximum Gasteiger partial charge on any atom is 0.205 e. The summed E-state index contributed by atoms with van der Waals surface area (Å²) >= 11 is 0. The molecule has 1 fully saturated rings. The van der Waals surface area contributed by atoms with E-state index in [4.69, 9.17) is 4.98 Å². The molecule has 0 atom stereocenters. The van der Waals surface area contributed by atoms with Crippen LogP contribution in [0.5, 0.6) is 0 Å². The molecule has 0 spiro atoms.